The molecule has 0 aliphatic rings. The van der Waals surface area contributed by atoms with Crippen LogP contribution in [0, 0.1) is 0 Å². The second-order valence-electron chi connectivity index (χ2n) is 2.07. The first-order valence-corrected chi connectivity index (χ1v) is 3.00. The molecule has 0 aromatic rings. The van der Waals surface area contributed by atoms with Gasteiger partial charge in [-0.05, 0) is 0 Å². The third kappa shape index (κ3) is 4.09. The summed E-state index contributed by atoms with van der Waals surface area (Å²) in [7, 11) is 0. The van der Waals surface area contributed by atoms with Gasteiger partial charge in [-0.25, -0.2) is 9.59 Å². The molecule has 6 N–H and O–H groups in total. The zero-order valence-corrected chi connectivity index (χ0v) is 6.11. The summed E-state index contributed by atoms with van der Waals surface area (Å²) in [6.07, 6.45) is -0.474. The Morgan fingerprint density at radius 3 is 2.08 bits per heavy atom. The Balaban J connectivity index is 4.14. The standard InChI is InChI=1S/C5H9N3O4/c6-3(9)1-2(4(10)11)8-5(7)12/h2H,1H2,(H2,6,9)(H,10,11)(H3,7,8,12)/t2-/m1/s1. The second-order valence-corrected chi connectivity index (χ2v) is 2.07. The van der Waals surface area contributed by atoms with Crippen molar-refractivity contribution in [3.63, 3.8) is 0 Å². The number of hydrogen-bond donors (Lipinski definition) is 4. The van der Waals surface area contributed by atoms with Crippen LogP contribution in [0.4, 0.5) is 4.79 Å². The van der Waals surface area contributed by atoms with Gasteiger partial charge in [0, 0.05) is 0 Å². The van der Waals surface area contributed by atoms with Crippen LogP contribution in [0.5, 0.6) is 0 Å². The summed E-state index contributed by atoms with van der Waals surface area (Å²) in [5, 5.41) is 10.2. The molecule has 0 spiro atoms. The summed E-state index contributed by atoms with van der Waals surface area (Å²) in [5.41, 5.74) is 9.35. The van der Waals surface area contributed by atoms with Gasteiger partial charge >= 0.3 is 12.0 Å². The van der Waals surface area contributed by atoms with Gasteiger partial charge in [-0.1, -0.05) is 0 Å². The lowest BCUT2D eigenvalue weighted by atomic mass is 10.2. The van der Waals surface area contributed by atoms with Crippen LogP contribution in [0.1, 0.15) is 6.42 Å². The molecule has 0 aliphatic heterocycles. The van der Waals surface area contributed by atoms with Gasteiger partial charge in [-0.15, -0.1) is 0 Å². The van der Waals surface area contributed by atoms with Crippen molar-refractivity contribution in [2.24, 2.45) is 11.5 Å². The van der Waals surface area contributed by atoms with E-state index in [0.29, 0.717) is 0 Å². The number of nitrogens with two attached hydrogens (primary N) is 2. The van der Waals surface area contributed by atoms with Crippen molar-refractivity contribution in [1.29, 1.82) is 0 Å². The van der Waals surface area contributed by atoms with E-state index in [9.17, 15) is 14.4 Å². The van der Waals surface area contributed by atoms with E-state index in [4.69, 9.17) is 10.8 Å². The molecule has 0 radical (unpaired) electrons. The molecule has 0 saturated carbocycles. The van der Waals surface area contributed by atoms with Crippen LogP contribution in [-0.4, -0.2) is 29.1 Å². The van der Waals surface area contributed by atoms with E-state index in [1.165, 1.54) is 0 Å². The van der Waals surface area contributed by atoms with Gasteiger partial charge in [0.25, 0.3) is 0 Å². The van der Waals surface area contributed by atoms with E-state index >= 15 is 0 Å². The monoisotopic (exact) mass is 175 g/mol. The number of rotatable bonds is 4. The normalized spacial score (nSPS) is 11.7. The van der Waals surface area contributed by atoms with Gasteiger partial charge in [0.15, 0.2) is 0 Å². The smallest absolute Gasteiger partial charge is 0.326 e. The highest BCUT2D eigenvalue weighted by Gasteiger charge is 2.20. The molecule has 0 fully saturated rings. The van der Waals surface area contributed by atoms with Gasteiger partial charge in [0.1, 0.15) is 6.04 Å². The highest BCUT2D eigenvalue weighted by molar-refractivity contribution is 5.87. The third-order valence-electron chi connectivity index (χ3n) is 1.02. The number of carbonyl (C=O) groups is 3. The number of carboxylic acid groups (broad SMARTS) is 1. The molecule has 0 aromatic carbocycles. The average molecular weight is 175 g/mol. The van der Waals surface area contributed by atoms with Crippen molar-refractivity contribution in [2.75, 3.05) is 0 Å². The summed E-state index contributed by atoms with van der Waals surface area (Å²) in [4.78, 5) is 30.7. The number of urea groups is 1. The molecule has 0 aromatic heterocycles. The van der Waals surface area contributed by atoms with Crippen LogP contribution in [0.3, 0.4) is 0 Å². The molecule has 12 heavy (non-hydrogen) atoms. The first kappa shape index (κ1) is 10.2. The molecule has 1 atom stereocenters. The predicted octanol–water partition coefficient (Wildman–Crippen LogP) is -2.02. The van der Waals surface area contributed by atoms with E-state index in [1.807, 2.05) is 5.32 Å². The number of carbonyl (C=O) groups excluding carboxylic acids is 2. The van der Waals surface area contributed by atoms with Crippen LogP contribution >= 0.6 is 0 Å². The topological polar surface area (TPSA) is 136 Å². The largest absolute Gasteiger partial charge is 0.480 e. The molecule has 7 heteroatoms. The van der Waals surface area contributed by atoms with Crippen molar-refractivity contribution in [1.82, 2.24) is 5.32 Å². The fourth-order valence-electron chi connectivity index (χ4n) is 0.573. The fourth-order valence-corrected chi connectivity index (χ4v) is 0.573. The van der Waals surface area contributed by atoms with Gasteiger partial charge < -0.3 is 21.9 Å². The number of nitrogens with one attached hydrogen (secondary N) is 1. The quantitative estimate of drug-likeness (QED) is 0.392. The Morgan fingerprint density at radius 2 is 1.83 bits per heavy atom. The first-order chi connectivity index (χ1) is 5.43. The average Bonchev–Trinajstić information content (AvgIpc) is 1.83. The Bertz CT molecular complexity index is 199. The zero-order valence-electron chi connectivity index (χ0n) is 6.11. The summed E-state index contributed by atoms with van der Waals surface area (Å²) < 4.78 is 0. The minimum absolute atomic E-state index is 0.474. The zero-order chi connectivity index (χ0) is 9.72. The minimum atomic E-state index is -1.35. The van der Waals surface area contributed by atoms with Crippen LogP contribution in [0.2, 0.25) is 0 Å². The number of aliphatic carboxylic acids is 1. The summed E-state index contributed by atoms with van der Waals surface area (Å²) in [6.45, 7) is 0. The highest BCUT2D eigenvalue weighted by Crippen LogP contribution is 1.90. The van der Waals surface area contributed by atoms with Crippen LogP contribution < -0.4 is 16.8 Å². The second kappa shape index (κ2) is 4.16. The van der Waals surface area contributed by atoms with E-state index in [2.05, 4.69) is 5.73 Å². The summed E-state index contributed by atoms with van der Waals surface area (Å²) >= 11 is 0. The third-order valence-corrected chi connectivity index (χ3v) is 1.02. The molecule has 0 saturated heterocycles. The lowest BCUT2D eigenvalue weighted by Crippen LogP contribution is -2.45. The molecule has 0 rings (SSSR count). The Hall–Kier alpha value is -1.79. The number of amides is 3. The SMILES string of the molecule is NC(=O)C[C@@H](NC(N)=O)C(=O)O. The Kier molecular flexibility index (Phi) is 3.54. The molecule has 0 bridgehead atoms. The van der Waals surface area contributed by atoms with Crippen molar-refractivity contribution >= 4 is 17.9 Å². The summed E-state index contributed by atoms with van der Waals surface area (Å²) in [5.74, 6) is -2.18. The fraction of sp³-hybridized carbons (Fsp3) is 0.400. The Labute approximate surface area is 67.7 Å². The predicted molar refractivity (Wildman–Crippen MR) is 38.0 cm³/mol. The van der Waals surface area contributed by atoms with Crippen LogP contribution in [-0.2, 0) is 9.59 Å². The number of carboxylic acids is 1. The molecular weight excluding hydrogens is 166 g/mol. The number of hydrogen-bond acceptors (Lipinski definition) is 3. The van der Waals surface area contributed by atoms with E-state index in [0.717, 1.165) is 0 Å². The maximum absolute atomic E-state index is 10.3. The number of primary amides is 2. The van der Waals surface area contributed by atoms with E-state index in [-0.39, 0.29) is 0 Å². The molecular formula is C5H9N3O4. The van der Waals surface area contributed by atoms with Crippen molar-refractivity contribution in [3.05, 3.63) is 0 Å². The lowest BCUT2D eigenvalue weighted by Gasteiger charge is -2.09. The molecule has 3 amide bonds. The molecule has 7 nitrogen and oxygen atoms in total. The van der Waals surface area contributed by atoms with Gasteiger partial charge in [0.05, 0.1) is 6.42 Å². The van der Waals surface area contributed by atoms with Gasteiger partial charge in [-0.2, -0.15) is 0 Å². The first-order valence-electron chi connectivity index (χ1n) is 3.00. The van der Waals surface area contributed by atoms with Gasteiger partial charge in [0.2, 0.25) is 5.91 Å². The molecule has 0 heterocycles. The highest BCUT2D eigenvalue weighted by atomic mass is 16.4. The van der Waals surface area contributed by atoms with Crippen LogP contribution in [0.25, 0.3) is 0 Å². The molecule has 68 valence electrons. The van der Waals surface area contributed by atoms with Crippen molar-refractivity contribution < 1.29 is 19.5 Å². The van der Waals surface area contributed by atoms with Gasteiger partial charge in [-0.3, -0.25) is 4.79 Å². The molecule has 0 unspecified atom stereocenters. The van der Waals surface area contributed by atoms with E-state index < -0.39 is 30.4 Å². The summed E-state index contributed by atoms with van der Waals surface area (Å²) in [6, 6.07) is -2.36. The van der Waals surface area contributed by atoms with Crippen LogP contribution in [0.15, 0.2) is 0 Å². The maximum atomic E-state index is 10.3. The maximum Gasteiger partial charge on any atom is 0.326 e. The van der Waals surface area contributed by atoms with Crippen molar-refractivity contribution in [2.45, 2.75) is 12.5 Å². The Morgan fingerprint density at radius 1 is 1.33 bits per heavy atom. The lowest BCUT2D eigenvalue weighted by molar-refractivity contribution is -0.140. The molecule has 0 aliphatic carbocycles. The van der Waals surface area contributed by atoms with E-state index in [1.54, 1.807) is 0 Å². The van der Waals surface area contributed by atoms with Crippen molar-refractivity contribution in [3.8, 4) is 0 Å². The minimum Gasteiger partial charge on any atom is -0.480 e.